The van der Waals surface area contributed by atoms with Crippen molar-refractivity contribution in [3.63, 3.8) is 0 Å². The summed E-state index contributed by atoms with van der Waals surface area (Å²) in [5, 5.41) is 2.77. The summed E-state index contributed by atoms with van der Waals surface area (Å²) in [6.07, 6.45) is 0. The molecule has 0 spiro atoms. The third-order valence-electron chi connectivity index (χ3n) is 4.34. The maximum absolute atomic E-state index is 12.8. The van der Waals surface area contributed by atoms with Crippen molar-refractivity contribution in [3.8, 4) is 11.5 Å². The van der Waals surface area contributed by atoms with Crippen LogP contribution in [0.5, 0.6) is 11.5 Å². The van der Waals surface area contributed by atoms with Crippen LogP contribution < -0.4 is 14.8 Å². The minimum absolute atomic E-state index is 0.173. The quantitative estimate of drug-likeness (QED) is 0.730. The van der Waals surface area contributed by atoms with Crippen LogP contribution in [0.25, 0.3) is 0 Å². The van der Waals surface area contributed by atoms with Crippen LogP contribution in [-0.4, -0.2) is 37.1 Å². The van der Waals surface area contributed by atoms with Crippen molar-refractivity contribution in [1.82, 2.24) is 10.2 Å². The van der Waals surface area contributed by atoms with E-state index in [-0.39, 0.29) is 19.1 Å². The molecule has 0 aliphatic carbocycles. The van der Waals surface area contributed by atoms with Crippen molar-refractivity contribution in [2.24, 2.45) is 0 Å². The van der Waals surface area contributed by atoms with Crippen molar-refractivity contribution < 1.29 is 19.1 Å². The Labute approximate surface area is 160 Å². The van der Waals surface area contributed by atoms with Gasteiger partial charge in [-0.3, -0.25) is 9.69 Å². The third kappa shape index (κ3) is 3.53. The highest BCUT2D eigenvalue weighted by atomic mass is 79.9. The van der Waals surface area contributed by atoms with E-state index in [9.17, 15) is 9.59 Å². The van der Waals surface area contributed by atoms with Crippen LogP contribution in [0.2, 0.25) is 0 Å². The SMILES string of the molecule is COc1ccc([C@]2(C)NC(=O)N(CCOc3ccc(Br)cc3)C2=O)cc1. The van der Waals surface area contributed by atoms with Gasteiger partial charge in [0.15, 0.2) is 0 Å². The molecule has 0 radical (unpaired) electrons. The first-order valence-corrected chi connectivity index (χ1v) is 8.90. The van der Waals surface area contributed by atoms with Gasteiger partial charge in [0.2, 0.25) is 0 Å². The molecule has 26 heavy (non-hydrogen) atoms. The Morgan fingerprint density at radius 2 is 1.65 bits per heavy atom. The Morgan fingerprint density at radius 1 is 1.04 bits per heavy atom. The number of rotatable bonds is 6. The summed E-state index contributed by atoms with van der Waals surface area (Å²) in [5.74, 6) is 1.07. The Kier molecular flexibility index (Phi) is 5.18. The highest BCUT2D eigenvalue weighted by molar-refractivity contribution is 9.10. The second kappa shape index (κ2) is 7.37. The molecule has 0 bridgehead atoms. The van der Waals surface area contributed by atoms with Gasteiger partial charge >= 0.3 is 6.03 Å². The molecular weight excluding hydrogens is 400 g/mol. The second-order valence-corrected chi connectivity index (χ2v) is 6.96. The van der Waals surface area contributed by atoms with Crippen molar-refractivity contribution >= 4 is 27.9 Å². The van der Waals surface area contributed by atoms with Gasteiger partial charge in [0.1, 0.15) is 23.6 Å². The number of hydrogen-bond acceptors (Lipinski definition) is 4. The number of hydrogen-bond donors (Lipinski definition) is 1. The van der Waals surface area contributed by atoms with E-state index in [1.165, 1.54) is 4.90 Å². The highest BCUT2D eigenvalue weighted by Gasteiger charge is 2.48. The molecule has 3 amide bonds. The summed E-state index contributed by atoms with van der Waals surface area (Å²) in [6, 6.07) is 14.0. The molecule has 1 atom stereocenters. The molecule has 2 aromatic rings. The molecule has 1 saturated heterocycles. The van der Waals surface area contributed by atoms with E-state index in [4.69, 9.17) is 9.47 Å². The maximum atomic E-state index is 12.8. The van der Waals surface area contributed by atoms with Gasteiger partial charge < -0.3 is 14.8 Å². The monoisotopic (exact) mass is 418 g/mol. The van der Waals surface area contributed by atoms with Crippen LogP contribution in [0.3, 0.4) is 0 Å². The number of nitrogens with zero attached hydrogens (tertiary/aromatic N) is 1. The molecule has 1 N–H and O–H groups in total. The summed E-state index contributed by atoms with van der Waals surface area (Å²) in [6.45, 7) is 2.09. The number of ether oxygens (including phenoxy) is 2. The van der Waals surface area contributed by atoms with E-state index in [0.717, 1.165) is 4.47 Å². The molecule has 0 saturated carbocycles. The summed E-state index contributed by atoms with van der Waals surface area (Å²) in [7, 11) is 1.58. The molecule has 1 fully saturated rings. The number of nitrogens with one attached hydrogen (secondary N) is 1. The van der Waals surface area contributed by atoms with Crippen LogP contribution in [-0.2, 0) is 10.3 Å². The maximum Gasteiger partial charge on any atom is 0.325 e. The number of benzene rings is 2. The Hall–Kier alpha value is -2.54. The van der Waals surface area contributed by atoms with E-state index >= 15 is 0 Å². The topological polar surface area (TPSA) is 67.9 Å². The second-order valence-electron chi connectivity index (χ2n) is 6.04. The van der Waals surface area contributed by atoms with Crippen LogP contribution in [0.4, 0.5) is 4.79 Å². The predicted molar refractivity (Wildman–Crippen MR) is 100 cm³/mol. The number of imide groups is 1. The van der Waals surface area contributed by atoms with E-state index in [1.807, 2.05) is 24.3 Å². The number of carbonyl (C=O) groups excluding carboxylic acids is 2. The smallest absolute Gasteiger partial charge is 0.325 e. The Balaban J connectivity index is 1.66. The minimum Gasteiger partial charge on any atom is -0.497 e. The van der Waals surface area contributed by atoms with E-state index in [0.29, 0.717) is 17.1 Å². The summed E-state index contributed by atoms with van der Waals surface area (Å²) in [4.78, 5) is 26.3. The zero-order chi connectivity index (χ0) is 18.7. The van der Waals surface area contributed by atoms with E-state index in [1.54, 1.807) is 38.3 Å². The average molecular weight is 419 g/mol. The Bertz CT molecular complexity index is 807. The minimum atomic E-state index is -1.10. The number of urea groups is 1. The lowest BCUT2D eigenvalue weighted by molar-refractivity contribution is -0.131. The standard InChI is InChI=1S/C19H19BrN2O4/c1-19(13-3-7-15(25-2)8-4-13)17(23)22(18(24)21-19)11-12-26-16-9-5-14(20)6-10-16/h3-10H,11-12H2,1-2H3,(H,21,24)/t19-/m0/s1. The third-order valence-corrected chi connectivity index (χ3v) is 4.87. The fourth-order valence-electron chi connectivity index (χ4n) is 2.81. The highest BCUT2D eigenvalue weighted by Crippen LogP contribution is 2.30. The van der Waals surface area contributed by atoms with Gasteiger partial charge in [0.05, 0.1) is 13.7 Å². The zero-order valence-electron chi connectivity index (χ0n) is 14.5. The summed E-state index contributed by atoms with van der Waals surface area (Å²) < 4.78 is 11.7. The first-order valence-electron chi connectivity index (χ1n) is 8.11. The van der Waals surface area contributed by atoms with Crippen molar-refractivity contribution in [3.05, 3.63) is 58.6 Å². The molecule has 2 aromatic carbocycles. The van der Waals surface area contributed by atoms with E-state index in [2.05, 4.69) is 21.2 Å². The lowest BCUT2D eigenvalue weighted by Crippen LogP contribution is -2.41. The molecule has 7 heteroatoms. The summed E-state index contributed by atoms with van der Waals surface area (Å²) in [5.41, 5.74) is -0.394. The van der Waals surface area contributed by atoms with Crippen LogP contribution in [0, 0.1) is 0 Å². The van der Waals surface area contributed by atoms with Gasteiger partial charge in [-0.25, -0.2) is 4.79 Å². The van der Waals surface area contributed by atoms with Crippen molar-refractivity contribution in [2.75, 3.05) is 20.3 Å². The lowest BCUT2D eigenvalue weighted by Gasteiger charge is -2.22. The van der Waals surface area contributed by atoms with Gasteiger partial charge in [-0.2, -0.15) is 0 Å². The molecule has 136 valence electrons. The normalized spacial score (nSPS) is 19.4. The van der Waals surface area contributed by atoms with Crippen LogP contribution in [0.15, 0.2) is 53.0 Å². The average Bonchev–Trinajstić information content (AvgIpc) is 2.87. The predicted octanol–water partition coefficient (Wildman–Crippen LogP) is 3.30. The number of methoxy groups -OCH3 is 1. The van der Waals surface area contributed by atoms with Gasteiger partial charge in [-0.05, 0) is 48.9 Å². The first kappa shape index (κ1) is 18.3. The largest absolute Gasteiger partial charge is 0.497 e. The molecule has 6 nitrogen and oxygen atoms in total. The van der Waals surface area contributed by atoms with Crippen molar-refractivity contribution in [1.29, 1.82) is 0 Å². The van der Waals surface area contributed by atoms with Gasteiger partial charge in [-0.1, -0.05) is 28.1 Å². The number of carbonyl (C=O) groups is 2. The first-order chi connectivity index (χ1) is 12.4. The van der Waals surface area contributed by atoms with Gasteiger partial charge in [-0.15, -0.1) is 0 Å². The van der Waals surface area contributed by atoms with Gasteiger partial charge in [0, 0.05) is 4.47 Å². The van der Waals surface area contributed by atoms with Crippen LogP contribution in [0.1, 0.15) is 12.5 Å². The number of amides is 3. The molecule has 1 heterocycles. The van der Waals surface area contributed by atoms with Crippen LogP contribution >= 0.6 is 15.9 Å². The lowest BCUT2D eigenvalue weighted by atomic mass is 9.92. The zero-order valence-corrected chi connectivity index (χ0v) is 16.1. The fraction of sp³-hybridized carbons (Fsp3) is 0.263. The van der Waals surface area contributed by atoms with Crippen molar-refractivity contribution in [2.45, 2.75) is 12.5 Å². The molecule has 0 unspecified atom stereocenters. The molecule has 1 aliphatic heterocycles. The van der Waals surface area contributed by atoms with Gasteiger partial charge in [0.25, 0.3) is 5.91 Å². The molecule has 0 aromatic heterocycles. The number of halogens is 1. The van der Waals surface area contributed by atoms with E-state index < -0.39 is 11.6 Å². The Morgan fingerprint density at radius 3 is 2.27 bits per heavy atom. The summed E-state index contributed by atoms with van der Waals surface area (Å²) >= 11 is 3.36. The fourth-order valence-corrected chi connectivity index (χ4v) is 3.07. The molecular formula is C19H19BrN2O4. The molecule has 3 rings (SSSR count). The molecule has 1 aliphatic rings.